The first-order valence-electron chi connectivity index (χ1n) is 6.60. The summed E-state index contributed by atoms with van der Waals surface area (Å²) in [4.78, 5) is 0. The highest BCUT2D eigenvalue weighted by Gasteiger charge is 2.18. The second-order valence-electron chi connectivity index (χ2n) is 4.93. The van der Waals surface area contributed by atoms with Gasteiger partial charge in [0.1, 0.15) is 11.5 Å². The molecule has 0 aliphatic rings. The minimum Gasteiger partial charge on any atom is -0.496 e. The second kappa shape index (κ2) is 6.71. The van der Waals surface area contributed by atoms with Gasteiger partial charge in [0.15, 0.2) is 0 Å². The van der Waals surface area contributed by atoms with Gasteiger partial charge in [0.2, 0.25) is 0 Å². The van der Waals surface area contributed by atoms with Crippen LogP contribution in [0.4, 0.5) is 0 Å². The summed E-state index contributed by atoms with van der Waals surface area (Å²) in [5.41, 5.74) is 4.11. The fraction of sp³-hybridized carbons (Fsp3) is 0.294. The maximum atomic E-state index is 6.66. The summed E-state index contributed by atoms with van der Waals surface area (Å²) in [5, 5.41) is -0.300. The molecule has 0 amide bonds. The van der Waals surface area contributed by atoms with Gasteiger partial charge in [0.05, 0.1) is 19.6 Å². The summed E-state index contributed by atoms with van der Waals surface area (Å²) in [5.74, 6) is 1.62. The highest BCUT2D eigenvalue weighted by Crippen LogP contribution is 2.39. The Balaban J connectivity index is 2.49. The van der Waals surface area contributed by atoms with Gasteiger partial charge in [-0.05, 0) is 48.7 Å². The standard InChI is InChI=1S/C17H18BrClO2/c1-10-5-6-12(8-15(10)20-3)17(19)13-9-14(18)11(2)7-16(13)21-4/h5-9,17H,1-4H3. The van der Waals surface area contributed by atoms with Crippen LogP contribution in [0, 0.1) is 13.8 Å². The van der Waals surface area contributed by atoms with E-state index in [0.717, 1.165) is 38.2 Å². The molecule has 0 saturated carbocycles. The molecule has 0 heterocycles. The third-order valence-electron chi connectivity index (χ3n) is 3.51. The van der Waals surface area contributed by atoms with Crippen LogP contribution in [-0.4, -0.2) is 14.2 Å². The van der Waals surface area contributed by atoms with Crippen molar-refractivity contribution >= 4 is 27.5 Å². The fourth-order valence-corrected chi connectivity index (χ4v) is 2.89. The van der Waals surface area contributed by atoms with E-state index < -0.39 is 0 Å². The Bertz CT molecular complexity index is 655. The molecule has 2 nitrogen and oxygen atoms in total. The molecular weight excluding hydrogens is 352 g/mol. The molecule has 1 unspecified atom stereocenters. The van der Waals surface area contributed by atoms with E-state index in [1.165, 1.54) is 0 Å². The second-order valence-corrected chi connectivity index (χ2v) is 6.23. The third kappa shape index (κ3) is 3.35. The Labute approximate surface area is 139 Å². The Morgan fingerprint density at radius 2 is 1.62 bits per heavy atom. The molecule has 0 fully saturated rings. The van der Waals surface area contributed by atoms with Gasteiger partial charge in [-0.2, -0.15) is 0 Å². The maximum absolute atomic E-state index is 6.66. The summed E-state index contributed by atoms with van der Waals surface area (Å²) in [6.45, 7) is 4.03. The molecule has 21 heavy (non-hydrogen) atoms. The number of alkyl halides is 1. The molecule has 1 atom stereocenters. The van der Waals surface area contributed by atoms with E-state index in [4.69, 9.17) is 21.1 Å². The van der Waals surface area contributed by atoms with E-state index in [-0.39, 0.29) is 5.38 Å². The number of halogens is 2. The molecular formula is C17H18BrClO2. The number of hydrogen-bond acceptors (Lipinski definition) is 2. The molecule has 2 rings (SSSR count). The van der Waals surface area contributed by atoms with Crippen LogP contribution in [0.1, 0.15) is 27.6 Å². The average Bonchev–Trinajstić information content (AvgIpc) is 2.49. The van der Waals surface area contributed by atoms with Crippen LogP contribution >= 0.6 is 27.5 Å². The number of aryl methyl sites for hydroxylation is 2. The Morgan fingerprint density at radius 1 is 0.952 bits per heavy atom. The van der Waals surface area contributed by atoms with E-state index in [1.807, 2.05) is 44.2 Å². The molecule has 0 aromatic heterocycles. The molecule has 0 radical (unpaired) electrons. The van der Waals surface area contributed by atoms with Gasteiger partial charge in [-0.25, -0.2) is 0 Å². The minimum absolute atomic E-state index is 0.300. The minimum atomic E-state index is -0.300. The smallest absolute Gasteiger partial charge is 0.124 e. The Kier molecular flexibility index (Phi) is 5.17. The maximum Gasteiger partial charge on any atom is 0.124 e. The topological polar surface area (TPSA) is 18.5 Å². The van der Waals surface area contributed by atoms with Crippen LogP contribution in [0.2, 0.25) is 0 Å². The zero-order valence-electron chi connectivity index (χ0n) is 12.5. The Morgan fingerprint density at radius 3 is 2.24 bits per heavy atom. The number of benzene rings is 2. The largest absolute Gasteiger partial charge is 0.496 e. The van der Waals surface area contributed by atoms with Crippen LogP contribution in [0.3, 0.4) is 0 Å². The van der Waals surface area contributed by atoms with E-state index in [9.17, 15) is 0 Å². The molecule has 2 aromatic rings. The number of ether oxygens (including phenoxy) is 2. The van der Waals surface area contributed by atoms with Gasteiger partial charge in [-0.3, -0.25) is 0 Å². The monoisotopic (exact) mass is 368 g/mol. The summed E-state index contributed by atoms with van der Waals surface area (Å²) in [6.07, 6.45) is 0. The summed E-state index contributed by atoms with van der Waals surface area (Å²) in [6, 6.07) is 10.0. The molecule has 0 spiro atoms. The van der Waals surface area contributed by atoms with Crippen molar-refractivity contribution in [3.63, 3.8) is 0 Å². The van der Waals surface area contributed by atoms with E-state index in [1.54, 1.807) is 14.2 Å². The number of rotatable bonds is 4. The van der Waals surface area contributed by atoms with Crippen LogP contribution in [0.25, 0.3) is 0 Å². The predicted octanol–water partition coefficient (Wildman–Crippen LogP) is 5.41. The summed E-state index contributed by atoms with van der Waals surface area (Å²) >= 11 is 10.2. The van der Waals surface area contributed by atoms with E-state index in [2.05, 4.69) is 15.9 Å². The van der Waals surface area contributed by atoms with E-state index in [0.29, 0.717) is 0 Å². The lowest BCUT2D eigenvalue weighted by molar-refractivity contribution is 0.408. The van der Waals surface area contributed by atoms with Crippen molar-refractivity contribution in [3.8, 4) is 11.5 Å². The van der Waals surface area contributed by atoms with Gasteiger partial charge >= 0.3 is 0 Å². The highest BCUT2D eigenvalue weighted by atomic mass is 79.9. The van der Waals surface area contributed by atoms with Gasteiger partial charge in [-0.15, -0.1) is 11.6 Å². The third-order valence-corrected chi connectivity index (χ3v) is 4.85. The van der Waals surface area contributed by atoms with Crippen molar-refractivity contribution < 1.29 is 9.47 Å². The van der Waals surface area contributed by atoms with Gasteiger partial charge in [-0.1, -0.05) is 28.1 Å². The predicted molar refractivity (Wildman–Crippen MR) is 90.9 cm³/mol. The molecule has 4 heteroatoms. The summed E-state index contributed by atoms with van der Waals surface area (Å²) < 4.78 is 11.9. The Hall–Kier alpha value is -1.19. The van der Waals surface area contributed by atoms with Crippen molar-refractivity contribution in [2.45, 2.75) is 19.2 Å². The molecule has 0 aliphatic heterocycles. The molecule has 0 N–H and O–H groups in total. The first-order valence-corrected chi connectivity index (χ1v) is 7.83. The van der Waals surface area contributed by atoms with Gasteiger partial charge in [0, 0.05) is 10.0 Å². The quantitative estimate of drug-likeness (QED) is 0.671. The molecule has 0 saturated heterocycles. The van der Waals surface area contributed by atoms with Gasteiger partial charge < -0.3 is 9.47 Å². The van der Waals surface area contributed by atoms with Crippen molar-refractivity contribution in [3.05, 3.63) is 57.1 Å². The lowest BCUT2D eigenvalue weighted by Gasteiger charge is -2.17. The first kappa shape index (κ1) is 16.2. The zero-order valence-corrected chi connectivity index (χ0v) is 14.9. The molecule has 2 aromatic carbocycles. The number of methoxy groups -OCH3 is 2. The van der Waals surface area contributed by atoms with E-state index >= 15 is 0 Å². The van der Waals surface area contributed by atoms with Gasteiger partial charge in [0.25, 0.3) is 0 Å². The molecule has 0 aliphatic carbocycles. The summed E-state index contributed by atoms with van der Waals surface area (Å²) in [7, 11) is 3.32. The van der Waals surface area contributed by atoms with Crippen LogP contribution in [0.15, 0.2) is 34.8 Å². The van der Waals surface area contributed by atoms with Crippen molar-refractivity contribution in [2.24, 2.45) is 0 Å². The normalized spacial score (nSPS) is 12.1. The van der Waals surface area contributed by atoms with Crippen molar-refractivity contribution in [1.29, 1.82) is 0 Å². The zero-order chi connectivity index (χ0) is 15.6. The van der Waals surface area contributed by atoms with Crippen molar-refractivity contribution in [1.82, 2.24) is 0 Å². The van der Waals surface area contributed by atoms with Crippen LogP contribution in [-0.2, 0) is 0 Å². The average molecular weight is 370 g/mol. The van der Waals surface area contributed by atoms with Crippen LogP contribution in [0.5, 0.6) is 11.5 Å². The highest BCUT2D eigenvalue weighted by molar-refractivity contribution is 9.10. The fourth-order valence-electron chi connectivity index (χ4n) is 2.22. The first-order chi connectivity index (χ1) is 9.97. The lowest BCUT2D eigenvalue weighted by Crippen LogP contribution is -2.00. The lowest BCUT2D eigenvalue weighted by atomic mass is 10.0. The van der Waals surface area contributed by atoms with Crippen molar-refractivity contribution in [2.75, 3.05) is 14.2 Å². The van der Waals surface area contributed by atoms with Crippen LogP contribution < -0.4 is 9.47 Å². The molecule has 0 bridgehead atoms. The SMILES string of the molecule is COc1cc(C(Cl)c2cc(Br)c(C)cc2OC)ccc1C. The molecule has 112 valence electrons. The number of hydrogen-bond donors (Lipinski definition) is 0.